The van der Waals surface area contributed by atoms with E-state index >= 15 is 0 Å². The zero-order valence-corrected chi connectivity index (χ0v) is 15.6. The van der Waals surface area contributed by atoms with E-state index < -0.39 is 0 Å². The molecule has 0 unspecified atom stereocenters. The molecule has 1 fully saturated rings. The second-order valence-corrected chi connectivity index (χ2v) is 6.52. The molecule has 5 heterocycles. The molecular formula is C20H18N8O. The Balaban J connectivity index is 1.42. The molecular weight excluding hydrogens is 368 g/mol. The Morgan fingerprint density at radius 1 is 0.759 bits per heavy atom. The average molecular weight is 386 g/mol. The van der Waals surface area contributed by atoms with Gasteiger partial charge in [0.15, 0.2) is 5.76 Å². The van der Waals surface area contributed by atoms with E-state index in [1.54, 1.807) is 43.4 Å². The van der Waals surface area contributed by atoms with Gasteiger partial charge in [0.2, 0.25) is 11.9 Å². The summed E-state index contributed by atoms with van der Waals surface area (Å²) in [6.45, 7) is 3.16. The van der Waals surface area contributed by atoms with Gasteiger partial charge in [0, 0.05) is 62.7 Å². The van der Waals surface area contributed by atoms with Crippen LogP contribution in [0.15, 0.2) is 66.1 Å². The topological polar surface area (TPSA) is 97.0 Å². The van der Waals surface area contributed by atoms with Crippen LogP contribution in [0, 0.1) is 0 Å². The molecule has 4 aromatic heterocycles. The first-order valence-corrected chi connectivity index (χ1v) is 9.33. The molecule has 0 amide bonds. The quantitative estimate of drug-likeness (QED) is 0.523. The molecule has 0 spiro atoms. The summed E-state index contributed by atoms with van der Waals surface area (Å²) in [4.78, 5) is 31.0. The predicted octanol–water partition coefficient (Wildman–Crippen LogP) is 2.31. The van der Waals surface area contributed by atoms with Crippen molar-refractivity contribution in [3.8, 4) is 22.7 Å². The monoisotopic (exact) mass is 386 g/mol. The van der Waals surface area contributed by atoms with Crippen LogP contribution in [0.4, 0.5) is 11.9 Å². The van der Waals surface area contributed by atoms with Crippen LogP contribution >= 0.6 is 0 Å². The van der Waals surface area contributed by atoms with Gasteiger partial charge in [-0.1, -0.05) is 0 Å². The highest BCUT2D eigenvalue weighted by molar-refractivity contribution is 5.76. The van der Waals surface area contributed by atoms with E-state index in [9.17, 15) is 0 Å². The van der Waals surface area contributed by atoms with Crippen molar-refractivity contribution < 1.29 is 4.42 Å². The second kappa shape index (κ2) is 7.63. The van der Waals surface area contributed by atoms with Gasteiger partial charge >= 0.3 is 0 Å². The number of furan rings is 1. The van der Waals surface area contributed by atoms with Gasteiger partial charge in [0.1, 0.15) is 5.69 Å². The van der Waals surface area contributed by atoms with E-state index in [4.69, 9.17) is 9.40 Å². The Morgan fingerprint density at radius 3 is 2.24 bits per heavy atom. The zero-order valence-electron chi connectivity index (χ0n) is 15.6. The lowest BCUT2D eigenvalue weighted by atomic mass is 10.1. The fraction of sp³-hybridized carbons (Fsp3) is 0.200. The maximum Gasteiger partial charge on any atom is 0.226 e. The first-order valence-electron chi connectivity index (χ1n) is 9.33. The Morgan fingerprint density at radius 2 is 1.55 bits per heavy atom. The minimum Gasteiger partial charge on any atom is -0.463 e. The third-order valence-electron chi connectivity index (χ3n) is 4.77. The van der Waals surface area contributed by atoms with Crippen LogP contribution in [0.25, 0.3) is 22.7 Å². The van der Waals surface area contributed by atoms with Crippen LogP contribution in [-0.4, -0.2) is 56.1 Å². The van der Waals surface area contributed by atoms with Crippen molar-refractivity contribution in [1.82, 2.24) is 29.9 Å². The first-order chi connectivity index (χ1) is 14.4. The third kappa shape index (κ3) is 3.49. The largest absolute Gasteiger partial charge is 0.463 e. The second-order valence-electron chi connectivity index (χ2n) is 6.52. The van der Waals surface area contributed by atoms with Crippen molar-refractivity contribution in [2.24, 2.45) is 0 Å². The summed E-state index contributed by atoms with van der Waals surface area (Å²) in [5.41, 5.74) is 2.19. The minimum atomic E-state index is 0.665. The lowest BCUT2D eigenvalue weighted by Crippen LogP contribution is -2.47. The van der Waals surface area contributed by atoms with Crippen LogP contribution in [0.1, 0.15) is 0 Å². The Kier molecular flexibility index (Phi) is 4.53. The highest BCUT2D eigenvalue weighted by atomic mass is 16.3. The summed E-state index contributed by atoms with van der Waals surface area (Å²) in [7, 11) is 0. The van der Waals surface area contributed by atoms with Crippen LogP contribution in [0.2, 0.25) is 0 Å². The Hall–Kier alpha value is -3.88. The molecule has 144 valence electrons. The van der Waals surface area contributed by atoms with Gasteiger partial charge in [-0.25, -0.2) is 19.9 Å². The molecule has 0 saturated carbocycles. The van der Waals surface area contributed by atoms with Crippen molar-refractivity contribution in [3.05, 3.63) is 61.6 Å². The summed E-state index contributed by atoms with van der Waals surface area (Å²) in [6, 6.07) is 5.55. The van der Waals surface area contributed by atoms with Gasteiger partial charge in [-0.15, -0.1) is 0 Å². The highest BCUT2D eigenvalue weighted by Gasteiger charge is 2.23. The molecule has 9 nitrogen and oxygen atoms in total. The SMILES string of the molecule is c1cnc(N2CCN(c3ncc(-c4cnccn4)c(-c4ccco4)n3)CC2)nc1. The summed E-state index contributed by atoms with van der Waals surface area (Å²) >= 11 is 0. The molecule has 1 saturated heterocycles. The Bertz CT molecular complexity index is 1060. The molecule has 1 aliphatic heterocycles. The van der Waals surface area contributed by atoms with Crippen LogP contribution in [-0.2, 0) is 0 Å². The van der Waals surface area contributed by atoms with E-state index in [0.717, 1.165) is 37.7 Å². The number of hydrogen-bond donors (Lipinski definition) is 0. The van der Waals surface area contributed by atoms with Crippen LogP contribution < -0.4 is 9.80 Å². The standard InChI is InChI=1S/C20H18N8O/c1-3-17(29-12-1)18-15(16-14-21-6-7-22-16)13-25-20(26-18)28-10-8-27(9-11-28)19-23-4-2-5-24-19/h1-7,12-14H,8-11H2. The van der Waals surface area contributed by atoms with Gasteiger partial charge in [-0.3, -0.25) is 9.97 Å². The van der Waals surface area contributed by atoms with Gasteiger partial charge in [0.25, 0.3) is 0 Å². The maximum atomic E-state index is 5.62. The zero-order chi connectivity index (χ0) is 19.5. The molecule has 0 N–H and O–H groups in total. The molecule has 0 radical (unpaired) electrons. The van der Waals surface area contributed by atoms with Crippen molar-refractivity contribution in [2.75, 3.05) is 36.0 Å². The molecule has 0 bridgehead atoms. The fourth-order valence-corrected chi connectivity index (χ4v) is 3.31. The van der Waals surface area contributed by atoms with Crippen LogP contribution in [0.5, 0.6) is 0 Å². The van der Waals surface area contributed by atoms with Gasteiger partial charge in [0.05, 0.1) is 18.2 Å². The number of anilines is 2. The molecule has 0 aromatic carbocycles. The summed E-state index contributed by atoms with van der Waals surface area (Å²) in [5.74, 6) is 2.09. The van der Waals surface area contributed by atoms with Crippen LogP contribution in [0.3, 0.4) is 0 Å². The molecule has 4 aromatic rings. The summed E-state index contributed by atoms with van der Waals surface area (Å²) in [6.07, 6.45) is 11.9. The maximum absolute atomic E-state index is 5.62. The van der Waals surface area contributed by atoms with E-state index in [-0.39, 0.29) is 0 Å². The fourth-order valence-electron chi connectivity index (χ4n) is 3.31. The molecule has 5 rings (SSSR count). The van der Waals surface area contributed by atoms with E-state index in [0.29, 0.717) is 23.1 Å². The van der Waals surface area contributed by atoms with E-state index in [1.807, 2.05) is 18.2 Å². The number of hydrogen-bond acceptors (Lipinski definition) is 9. The number of piperazine rings is 1. The third-order valence-corrected chi connectivity index (χ3v) is 4.77. The number of rotatable bonds is 4. The molecule has 9 heteroatoms. The smallest absolute Gasteiger partial charge is 0.226 e. The number of nitrogens with zero attached hydrogens (tertiary/aromatic N) is 8. The van der Waals surface area contributed by atoms with E-state index in [2.05, 4.69) is 34.7 Å². The molecule has 29 heavy (non-hydrogen) atoms. The normalized spacial score (nSPS) is 14.2. The minimum absolute atomic E-state index is 0.665. The lowest BCUT2D eigenvalue weighted by molar-refractivity contribution is 0.579. The predicted molar refractivity (Wildman–Crippen MR) is 107 cm³/mol. The highest BCUT2D eigenvalue weighted by Crippen LogP contribution is 2.30. The number of aromatic nitrogens is 6. The van der Waals surface area contributed by atoms with Crippen molar-refractivity contribution in [3.63, 3.8) is 0 Å². The summed E-state index contributed by atoms with van der Waals surface area (Å²) in [5, 5.41) is 0. The van der Waals surface area contributed by atoms with Gasteiger partial charge in [-0.2, -0.15) is 0 Å². The van der Waals surface area contributed by atoms with E-state index in [1.165, 1.54) is 0 Å². The van der Waals surface area contributed by atoms with Crippen molar-refractivity contribution in [2.45, 2.75) is 0 Å². The van der Waals surface area contributed by atoms with Crippen molar-refractivity contribution in [1.29, 1.82) is 0 Å². The first kappa shape index (κ1) is 17.2. The van der Waals surface area contributed by atoms with Gasteiger partial charge < -0.3 is 14.2 Å². The summed E-state index contributed by atoms with van der Waals surface area (Å²) < 4.78 is 5.62. The van der Waals surface area contributed by atoms with Crippen molar-refractivity contribution >= 4 is 11.9 Å². The lowest BCUT2D eigenvalue weighted by Gasteiger charge is -2.34. The Labute approximate surface area is 167 Å². The van der Waals surface area contributed by atoms with Gasteiger partial charge in [-0.05, 0) is 18.2 Å². The average Bonchev–Trinajstić information content (AvgIpc) is 3.35. The molecule has 0 aliphatic carbocycles. The molecule has 0 atom stereocenters. The molecule has 1 aliphatic rings.